The fraction of sp³-hybridized carbons (Fsp3) is 0.233. The first-order chi connectivity index (χ1) is 17.3. The summed E-state index contributed by atoms with van der Waals surface area (Å²) < 4.78 is 11.5. The van der Waals surface area contributed by atoms with E-state index < -0.39 is 0 Å². The Bertz CT molecular complexity index is 1280. The largest absolute Gasteiger partial charge is 0.493 e. The van der Waals surface area contributed by atoms with Crippen molar-refractivity contribution in [3.8, 4) is 11.5 Å². The molecule has 178 valence electrons. The molecule has 4 aromatic carbocycles. The molecule has 5 nitrogen and oxygen atoms in total. The summed E-state index contributed by atoms with van der Waals surface area (Å²) in [7, 11) is 1.67. The summed E-state index contributed by atoms with van der Waals surface area (Å²) in [6.45, 7) is 5.30. The van der Waals surface area contributed by atoms with Gasteiger partial charge in [-0.1, -0.05) is 72.8 Å². The Morgan fingerprint density at radius 1 is 0.800 bits per heavy atom. The van der Waals surface area contributed by atoms with Crippen molar-refractivity contribution in [1.29, 1.82) is 0 Å². The van der Waals surface area contributed by atoms with Crippen molar-refractivity contribution in [3.05, 3.63) is 108 Å². The number of methoxy groups -OCH3 is 1. The van der Waals surface area contributed by atoms with E-state index in [1.54, 1.807) is 7.11 Å². The molecule has 5 heteroatoms. The molecule has 0 atom stereocenters. The Morgan fingerprint density at radius 3 is 2.40 bits per heavy atom. The third-order valence-electron chi connectivity index (χ3n) is 6.42. The lowest BCUT2D eigenvalue weighted by Crippen LogP contribution is -2.43. The molecule has 1 aliphatic heterocycles. The fourth-order valence-corrected chi connectivity index (χ4v) is 4.45. The second kappa shape index (κ2) is 11.1. The van der Waals surface area contributed by atoms with Gasteiger partial charge >= 0.3 is 0 Å². The summed E-state index contributed by atoms with van der Waals surface area (Å²) in [4.78, 5) is 2.51. The van der Waals surface area contributed by atoms with Gasteiger partial charge in [-0.25, -0.2) is 0 Å². The standard InChI is InChI=1S/C30H31N3O2/c1-34-30-20-25(14-15-29(30)35-23-24-8-3-2-4-9-24)21-31-33-18-16-32(17-19-33)22-27-12-7-11-26-10-5-6-13-28(26)27/h2-15,20-21H,16-19,22-23H2,1H3/b31-21-. The molecular weight excluding hydrogens is 434 g/mol. The Morgan fingerprint density at radius 2 is 1.57 bits per heavy atom. The number of fused-ring (bicyclic) bond motifs is 1. The van der Waals surface area contributed by atoms with Gasteiger partial charge in [0.05, 0.1) is 13.3 Å². The molecule has 0 saturated carbocycles. The van der Waals surface area contributed by atoms with Crippen LogP contribution in [0.15, 0.2) is 96.1 Å². The van der Waals surface area contributed by atoms with E-state index in [1.165, 1.54) is 16.3 Å². The highest BCUT2D eigenvalue weighted by Gasteiger charge is 2.16. The maximum absolute atomic E-state index is 5.97. The maximum atomic E-state index is 5.97. The summed E-state index contributed by atoms with van der Waals surface area (Å²) >= 11 is 0. The van der Waals surface area contributed by atoms with Crippen molar-refractivity contribution in [1.82, 2.24) is 9.91 Å². The normalized spacial score (nSPS) is 14.5. The first-order valence-electron chi connectivity index (χ1n) is 12.1. The second-order valence-electron chi connectivity index (χ2n) is 8.80. The first-order valence-corrected chi connectivity index (χ1v) is 12.1. The molecule has 1 saturated heterocycles. The zero-order valence-electron chi connectivity index (χ0n) is 20.1. The van der Waals surface area contributed by atoms with Crippen LogP contribution in [0.1, 0.15) is 16.7 Å². The van der Waals surface area contributed by atoms with E-state index >= 15 is 0 Å². The van der Waals surface area contributed by atoms with Gasteiger partial charge in [0.2, 0.25) is 0 Å². The molecular formula is C30H31N3O2. The molecule has 0 bridgehead atoms. The second-order valence-corrected chi connectivity index (χ2v) is 8.80. The number of hydrogen-bond donors (Lipinski definition) is 0. The van der Waals surface area contributed by atoms with Crippen molar-refractivity contribution < 1.29 is 9.47 Å². The van der Waals surface area contributed by atoms with Crippen LogP contribution in [0, 0.1) is 0 Å². The summed E-state index contributed by atoms with van der Waals surface area (Å²) in [6, 6.07) is 31.3. The SMILES string of the molecule is COc1cc(/C=N\N2CCN(Cc3cccc4ccccc34)CC2)ccc1OCc1ccccc1. The minimum Gasteiger partial charge on any atom is -0.493 e. The topological polar surface area (TPSA) is 37.3 Å². The average Bonchev–Trinajstić information content (AvgIpc) is 2.92. The number of piperazine rings is 1. The van der Waals surface area contributed by atoms with E-state index in [4.69, 9.17) is 14.6 Å². The lowest BCUT2D eigenvalue weighted by atomic mass is 10.0. The highest BCUT2D eigenvalue weighted by molar-refractivity contribution is 5.85. The molecule has 4 aromatic rings. The van der Waals surface area contributed by atoms with Crippen LogP contribution in [-0.2, 0) is 13.2 Å². The summed E-state index contributed by atoms with van der Waals surface area (Å²) in [5.41, 5.74) is 3.51. The Kier molecular flexibility index (Phi) is 7.25. The van der Waals surface area contributed by atoms with Crippen LogP contribution in [-0.4, -0.2) is 49.4 Å². The van der Waals surface area contributed by atoms with Crippen LogP contribution < -0.4 is 9.47 Å². The Labute approximate surface area is 207 Å². The smallest absolute Gasteiger partial charge is 0.161 e. The van der Waals surface area contributed by atoms with Gasteiger partial charge in [0.25, 0.3) is 0 Å². The fourth-order valence-electron chi connectivity index (χ4n) is 4.45. The molecule has 35 heavy (non-hydrogen) atoms. The molecule has 1 aliphatic rings. The first kappa shape index (κ1) is 22.9. The molecule has 0 aliphatic carbocycles. The molecule has 0 amide bonds. The summed E-state index contributed by atoms with van der Waals surface area (Å²) in [6.07, 6.45) is 1.91. The monoisotopic (exact) mass is 465 g/mol. The van der Waals surface area contributed by atoms with Crippen LogP contribution in [0.5, 0.6) is 11.5 Å². The molecule has 0 N–H and O–H groups in total. The highest BCUT2D eigenvalue weighted by atomic mass is 16.5. The molecule has 0 unspecified atom stereocenters. The predicted molar refractivity (Wildman–Crippen MR) is 142 cm³/mol. The van der Waals surface area contributed by atoms with Crippen molar-refractivity contribution >= 4 is 17.0 Å². The van der Waals surface area contributed by atoms with E-state index in [9.17, 15) is 0 Å². The number of ether oxygens (including phenoxy) is 2. The molecule has 0 radical (unpaired) electrons. The zero-order chi connectivity index (χ0) is 23.9. The van der Waals surface area contributed by atoms with Crippen LogP contribution in [0.3, 0.4) is 0 Å². The number of benzene rings is 4. The number of rotatable bonds is 8. The molecule has 1 fully saturated rings. The van der Waals surface area contributed by atoms with Gasteiger partial charge in [-0.15, -0.1) is 0 Å². The van der Waals surface area contributed by atoms with E-state index in [-0.39, 0.29) is 0 Å². The Balaban J connectivity index is 1.15. The molecule has 0 spiro atoms. The van der Waals surface area contributed by atoms with Crippen LogP contribution in [0.25, 0.3) is 10.8 Å². The summed E-state index contributed by atoms with van der Waals surface area (Å²) in [5, 5.41) is 9.53. The lowest BCUT2D eigenvalue weighted by molar-refractivity contribution is 0.131. The molecule has 5 rings (SSSR count). The van der Waals surface area contributed by atoms with E-state index in [0.29, 0.717) is 12.4 Å². The van der Waals surface area contributed by atoms with Gasteiger partial charge < -0.3 is 9.47 Å². The van der Waals surface area contributed by atoms with Crippen LogP contribution >= 0.6 is 0 Å². The van der Waals surface area contributed by atoms with Crippen LogP contribution in [0.4, 0.5) is 0 Å². The minimum atomic E-state index is 0.508. The minimum absolute atomic E-state index is 0.508. The average molecular weight is 466 g/mol. The van der Waals surface area contributed by atoms with Gasteiger partial charge in [-0.05, 0) is 45.7 Å². The summed E-state index contributed by atoms with van der Waals surface area (Å²) in [5.74, 6) is 1.44. The van der Waals surface area contributed by atoms with Crippen LogP contribution in [0.2, 0.25) is 0 Å². The lowest BCUT2D eigenvalue weighted by Gasteiger charge is -2.33. The predicted octanol–water partition coefficient (Wildman–Crippen LogP) is 5.58. The van der Waals surface area contributed by atoms with Crippen molar-refractivity contribution in [2.75, 3.05) is 33.3 Å². The number of nitrogens with zero attached hydrogens (tertiary/aromatic N) is 3. The van der Waals surface area contributed by atoms with Crippen molar-refractivity contribution in [2.45, 2.75) is 13.2 Å². The van der Waals surface area contributed by atoms with E-state index in [2.05, 4.69) is 64.5 Å². The third kappa shape index (κ3) is 5.81. The highest BCUT2D eigenvalue weighted by Crippen LogP contribution is 2.28. The Hall–Kier alpha value is -3.83. The van der Waals surface area contributed by atoms with Gasteiger partial charge in [0.15, 0.2) is 11.5 Å². The van der Waals surface area contributed by atoms with Gasteiger partial charge in [0.1, 0.15) is 6.61 Å². The third-order valence-corrected chi connectivity index (χ3v) is 6.42. The molecule has 0 aromatic heterocycles. The van der Waals surface area contributed by atoms with Gasteiger partial charge in [-0.3, -0.25) is 9.91 Å². The molecule has 1 heterocycles. The van der Waals surface area contributed by atoms with E-state index in [1.807, 2.05) is 42.6 Å². The maximum Gasteiger partial charge on any atom is 0.161 e. The number of hydrazone groups is 1. The quantitative estimate of drug-likeness (QED) is 0.319. The van der Waals surface area contributed by atoms with Crippen molar-refractivity contribution in [2.24, 2.45) is 5.10 Å². The van der Waals surface area contributed by atoms with Crippen molar-refractivity contribution in [3.63, 3.8) is 0 Å². The van der Waals surface area contributed by atoms with Gasteiger partial charge in [-0.2, -0.15) is 5.10 Å². The van der Waals surface area contributed by atoms with E-state index in [0.717, 1.165) is 49.6 Å². The van der Waals surface area contributed by atoms with Gasteiger partial charge in [0, 0.05) is 32.7 Å². The zero-order valence-corrected chi connectivity index (χ0v) is 20.1. The number of hydrogen-bond acceptors (Lipinski definition) is 5.